The summed E-state index contributed by atoms with van der Waals surface area (Å²) in [7, 11) is 1.88. The molecule has 2 amide bonds. The highest BCUT2D eigenvalue weighted by Gasteiger charge is 2.38. The maximum atomic E-state index is 13.5. The summed E-state index contributed by atoms with van der Waals surface area (Å²) in [6.07, 6.45) is -1.04. The van der Waals surface area contributed by atoms with Gasteiger partial charge in [-0.3, -0.25) is 24.5 Å². The molecular weight excluding hydrogens is 655 g/mol. The van der Waals surface area contributed by atoms with Crippen molar-refractivity contribution in [1.29, 1.82) is 0 Å². The van der Waals surface area contributed by atoms with Crippen molar-refractivity contribution in [1.82, 2.24) is 20.0 Å². The van der Waals surface area contributed by atoms with E-state index in [0.29, 0.717) is 32.3 Å². The predicted molar refractivity (Wildman–Crippen MR) is 166 cm³/mol. The molecule has 0 bridgehead atoms. The van der Waals surface area contributed by atoms with Gasteiger partial charge in [-0.2, -0.15) is 18.3 Å². The zero-order chi connectivity index (χ0) is 31.7. The number of alkyl halides is 3. The molecule has 1 unspecified atom stereocenters. The fourth-order valence-electron chi connectivity index (χ4n) is 6.63. The number of hydrogen-bond donors (Lipinski definition) is 1. The van der Waals surface area contributed by atoms with Gasteiger partial charge >= 0.3 is 6.18 Å². The average molecular weight is 693 g/mol. The van der Waals surface area contributed by atoms with Gasteiger partial charge in [0.25, 0.3) is 0 Å². The zero-order valence-electron chi connectivity index (χ0n) is 25.1. The summed E-state index contributed by atoms with van der Waals surface area (Å²) in [6.45, 7) is 5.01. The SMILES string of the molecule is Cn1nc(C2CCC(=O)NC2=O)c2ccc(N3CCN(CCOC4CCC(Oc5cccc(Br)c5C(F)(F)F)CC4)CC3)cc21. The van der Waals surface area contributed by atoms with Crippen LogP contribution in [0.2, 0.25) is 0 Å². The van der Waals surface area contributed by atoms with E-state index in [1.807, 2.05) is 17.8 Å². The van der Waals surface area contributed by atoms with Crippen LogP contribution < -0.4 is 15.0 Å². The van der Waals surface area contributed by atoms with Crippen LogP contribution in [0.15, 0.2) is 40.9 Å². The summed E-state index contributed by atoms with van der Waals surface area (Å²) >= 11 is 3.01. The van der Waals surface area contributed by atoms with Crippen LogP contribution in [-0.4, -0.2) is 78.0 Å². The van der Waals surface area contributed by atoms with Crippen LogP contribution in [0.4, 0.5) is 18.9 Å². The lowest BCUT2D eigenvalue weighted by atomic mass is 9.93. The molecule has 1 saturated carbocycles. The maximum Gasteiger partial charge on any atom is 0.421 e. The normalized spacial score (nSPS) is 23.4. The van der Waals surface area contributed by atoms with Gasteiger partial charge in [-0.25, -0.2) is 0 Å². The fourth-order valence-corrected chi connectivity index (χ4v) is 7.21. The second-order valence-electron chi connectivity index (χ2n) is 12.0. The van der Waals surface area contributed by atoms with Gasteiger partial charge in [-0.05, 0) is 62.4 Å². The van der Waals surface area contributed by atoms with Crippen molar-refractivity contribution in [2.75, 3.05) is 44.2 Å². The third-order valence-corrected chi connectivity index (χ3v) is 9.77. The number of hydrogen-bond acceptors (Lipinski definition) is 7. The second-order valence-corrected chi connectivity index (χ2v) is 12.9. The Labute approximate surface area is 268 Å². The van der Waals surface area contributed by atoms with Crippen LogP contribution in [0.3, 0.4) is 0 Å². The van der Waals surface area contributed by atoms with Crippen LogP contribution in [0.25, 0.3) is 10.9 Å². The van der Waals surface area contributed by atoms with Gasteiger partial charge in [0.1, 0.15) is 11.3 Å². The van der Waals surface area contributed by atoms with Crippen LogP contribution >= 0.6 is 15.9 Å². The van der Waals surface area contributed by atoms with Gasteiger partial charge < -0.3 is 14.4 Å². The number of halogens is 4. The summed E-state index contributed by atoms with van der Waals surface area (Å²) in [5.74, 6) is -1.06. The number of nitrogens with one attached hydrogen (secondary N) is 1. The van der Waals surface area contributed by atoms with Gasteiger partial charge in [0.05, 0.1) is 35.9 Å². The third kappa shape index (κ3) is 7.15. The Bertz CT molecular complexity index is 1550. The Morgan fingerprint density at radius 1 is 1.00 bits per heavy atom. The summed E-state index contributed by atoms with van der Waals surface area (Å²) < 4.78 is 54.3. The Balaban J connectivity index is 0.945. The predicted octanol–water partition coefficient (Wildman–Crippen LogP) is 5.40. The molecule has 0 spiro atoms. The van der Waals surface area contributed by atoms with Gasteiger partial charge in [-0.1, -0.05) is 22.0 Å². The van der Waals surface area contributed by atoms with Gasteiger partial charge in [0.15, 0.2) is 0 Å². The summed E-state index contributed by atoms with van der Waals surface area (Å²) in [5.41, 5.74) is 2.02. The lowest BCUT2D eigenvalue weighted by molar-refractivity contribution is -0.140. The van der Waals surface area contributed by atoms with Crippen molar-refractivity contribution in [2.45, 2.75) is 62.8 Å². The highest BCUT2D eigenvalue weighted by Crippen LogP contribution is 2.42. The van der Waals surface area contributed by atoms with E-state index in [1.165, 1.54) is 12.1 Å². The quantitative estimate of drug-likeness (QED) is 0.317. The molecule has 45 heavy (non-hydrogen) atoms. The first-order valence-corrected chi connectivity index (χ1v) is 16.3. The first-order chi connectivity index (χ1) is 21.6. The molecular formula is C32H37BrF3N5O4. The van der Waals surface area contributed by atoms with Crippen molar-refractivity contribution in [3.8, 4) is 5.75 Å². The van der Waals surface area contributed by atoms with E-state index in [2.05, 4.69) is 48.3 Å². The van der Waals surface area contributed by atoms with Crippen molar-refractivity contribution in [3.63, 3.8) is 0 Å². The summed E-state index contributed by atoms with van der Waals surface area (Å²) in [5, 5.41) is 8.02. The smallest absolute Gasteiger partial charge is 0.421 e. The topological polar surface area (TPSA) is 88.9 Å². The second kappa shape index (κ2) is 13.3. The number of imide groups is 1. The molecule has 3 aromatic rings. The number of aromatic nitrogens is 2. The maximum absolute atomic E-state index is 13.5. The number of amides is 2. The summed E-state index contributed by atoms with van der Waals surface area (Å²) in [6, 6.07) is 10.6. The van der Waals surface area contributed by atoms with Gasteiger partial charge in [-0.15, -0.1) is 0 Å². The number of rotatable bonds is 8. The minimum atomic E-state index is -4.49. The molecule has 1 aromatic heterocycles. The Hall–Kier alpha value is -3.16. The van der Waals surface area contributed by atoms with Crippen LogP contribution in [-0.2, 0) is 27.5 Å². The number of carbonyl (C=O) groups is 2. The average Bonchev–Trinajstić information content (AvgIpc) is 3.33. The van der Waals surface area contributed by atoms with Crippen molar-refractivity contribution >= 4 is 44.3 Å². The number of ether oxygens (including phenoxy) is 2. The number of carbonyl (C=O) groups excluding carboxylic acids is 2. The molecule has 2 saturated heterocycles. The lowest BCUT2D eigenvalue weighted by Gasteiger charge is -2.36. The molecule has 242 valence electrons. The molecule has 1 aliphatic carbocycles. The molecule has 3 aliphatic rings. The molecule has 0 radical (unpaired) electrons. The van der Waals surface area contributed by atoms with E-state index < -0.39 is 17.7 Å². The monoisotopic (exact) mass is 691 g/mol. The minimum Gasteiger partial charge on any atom is -0.490 e. The van der Waals surface area contributed by atoms with E-state index in [1.54, 1.807) is 6.07 Å². The van der Waals surface area contributed by atoms with E-state index >= 15 is 0 Å². The van der Waals surface area contributed by atoms with E-state index in [-0.39, 0.29) is 34.2 Å². The number of nitrogens with zero attached hydrogens (tertiary/aromatic N) is 4. The first kappa shape index (κ1) is 31.8. The largest absolute Gasteiger partial charge is 0.490 e. The number of fused-ring (bicyclic) bond motifs is 1. The fraction of sp³-hybridized carbons (Fsp3) is 0.531. The van der Waals surface area contributed by atoms with Crippen LogP contribution in [0.1, 0.15) is 55.7 Å². The molecule has 6 rings (SSSR count). The highest BCUT2D eigenvalue weighted by molar-refractivity contribution is 9.10. The molecule has 9 nitrogen and oxygen atoms in total. The van der Waals surface area contributed by atoms with Crippen LogP contribution in [0, 0.1) is 0 Å². The van der Waals surface area contributed by atoms with E-state index in [9.17, 15) is 22.8 Å². The highest BCUT2D eigenvalue weighted by atomic mass is 79.9. The third-order valence-electron chi connectivity index (χ3n) is 9.11. The van der Waals surface area contributed by atoms with Gasteiger partial charge in [0, 0.05) is 61.7 Å². The number of piperazine rings is 1. The molecule has 1 atom stereocenters. The van der Waals surface area contributed by atoms with Gasteiger partial charge in [0.2, 0.25) is 11.8 Å². The molecule has 2 aliphatic heterocycles. The number of anilines is 1. The molecule has 13 heteroatoms. The van der Waals surface area contributed by atoms with E-state index in [0.717, 1.165) is 67.8 Å². The number of piperidine rings is 1. The van der Waals surface area contributed by atoms with Crippen LogP contribution in [0.5, 0.6) is 5.75 Å². The van der Waals surface area contributed by atoms with Crippen molar-refractivity contribution in [2.24, 2.45) is 7.05 Å². The lowest BCUT2D eigenvalue weighted by Crippen LogP contribution is -2.47. The van der Waals surface area contributed by atoms with E-state index in [4.69, 9.17) is 9.47 Å². The molecule has 1 N–H and O–H groups in total. The number of aryl methyl sites for hydroxylation is 1. The first-order valence-electron chi connectivity index (χ1n) is 15.5. The number of benzene rings is 2. The Morgan fingerprint density at radius 3 is 2.44 bits per heavy atom. The zero-order valence-corrected chi connectivity index (χ0v) is 26.7. The minimum absolute atomic E-state index is 0.0135. The molecule has 3 fully saturated rings. The van der Waals surface area contributed by atoms with Crippen molar-refractivity contribution < 1.29 is 32.2 Å². The standard InChI is InChI=1S/C32H37BrF3N5O4/c1-39-26-19-20(5-10-23(26)30(38-39)24-11-12-28(42)37-31(24)43)41-15-13-40(14-16-41)17-18-44-21-6-8-22(9-7-21)45-27-4-2-3-25(33)29(27)32(34,35)36/h2-5,10,19,21-22,24H,6-9,11-18H2,1H3,(H,37,42,43). The Morgan fingerprint density at radius 2 is 1.73 bits per heavy atom. The van der Waals surface area contributed by atoms with Crippen molar-refractivity contribution in [3.05, 3.63) is 52.1 Å². The molecule has 3 heterocycles. The Kier molecular flexibility index (Phi) is 9.39. The summed E-state index contributed by atoms with van der Waals surface area (Å²) in [4.78, 5) is 28.8. The molecule has 2 aromatic carbocycles.